The summed E-state index contributed by atoms with van der Waals surface area (Å²) in [5, 5.41) is 3.03. The molecule has 0 aliphatic carbocycles. The molecule has 1 heterocycles. The average molecular weight is 268 g/mol. The first-order chi connectivity index (χ1) is 8.47. The Kier molecular flexibility index (Phi) is 3.52. The molecule has 0 amide bonds. The van der Waals surface area contributed by atoms with E-state index in [9.17, 15) is 8.78 Å². The van der Waals surface area contributed by atoms with E-state index in [2.05, 4.69) is 5.32 Å². The SMILES string of the molecule is Cc1ccc(C(C)Nc2cc(F)cc(F)c2N)s1. The van der Waals surface area contributed by atoms with Gasteiger partial charge in [-0.1, -0.05) is 0 Å². The lowest BCUT2D eigenvalue weighted by Gasteiger charge is -2.16. The van der Waals surface area contributed by atoms with Crippen LogP contribution in [0.3, 0.4) is 0 Å². The number of thiophene rings is 1. The van der Waals surface area contributed by atoms with Crippen LogP contribution in [0.25, 0.3) is 0 Å². The maximum atomic E-state index is 13.3. The zero-order chi connectivity index (χ0) is 13.3. The third-order valence-corrected chi connectivity index (χ3v) is 3.84. The van der Waals surface area contributed by atoms with Crippen molar-refractivity contribution in [2.45, 2.75) is 19.9 Å². The summed E-state index contributed by atoms with van der Waals surface area (Å²) < 4.78 is 26.4. The van der Waals surface area contributed by atoms with Crippen molar-refractivity contribution in [1.82, 2.24) is 0 Å². The zero-order valence-corrected chi connectivity index (χ0v) is 10.9. The maximum Gasteiger partial charge on any atom is 0.151 e. The van der Waals surface area contributed by atoms with Gasteiger partial charge in [0.05, 0.1) is 17.4 Å². The molecule has 96 valence electrons. The van der Waals surface area contributed by atoms with E-state index in [0.29, 0.717) is 0 Å². The van der Waals surface area contributed by atoms with Gasteiger partial charge in [0.1, 0.15) is 5.82 Å². The summed E-state index contributed by atoms with van der Waals surface area (Å²) in [5.41, 5.74) is 5.81. The molecule has 0 radical (unpaired) electrons. The predicted molar refractivity (Wildman–Crippen MR) is 71.9 cm³/mol. The number of nitrogen functional groups attached to an aromatic ring is 1. The number of rotatable bonds is 3. The first kappa shape index (κ1) is 12.8. The molecular formula is C13H14F2N2S. The van der Waals surface area contributed by atoms with Crippen LogP contribution >= 0.6 is 11.3 Å². The van der Waals surface area contributed by atoms with E-state index in [-0.39, 0.29) is 17.4 Å². The van der Waals surface area contributed by atoms with Crippen molar-refractivity contribution >= 4 is 22.7 Å². The lowest BCUT2D eigenvalue weighted by molar-refractivity contribution is 0.586. The predicted octanol–water partition coefficient (Wildman–Crippen LogP) is 4.09. The second-order valence-corrected chi connectivity index (χ2v) is 5.48. The highest BCUT2D eigenvalue weighted by Crippen LogP contribution is 2.30. The molecule has 0 saturated heterocycles. The Hall–Kier alpha value is -1.62. The molecule has 1 aromatic carbocycles. The summed E-state index contributed by atoms with van der Waals surface area (Å²) in [6.07, 6.45) is 0. The van der Waals surface area contributed by atoms with Crippen molar-refractivity contribution in [2.75, 3.05) is 11.1 Å². The topological polar surface area (TPSA) is 38.0 Å². The quantitative estimate of drug-likeness (QED) is 0.823. The van der Waals surface area contributed by atoms with Crippen molar-refractivity contribution in [2.24, 2.45) is 0 Å². The van der Waals surface area contributed by atoms with E-state index in [1.54, 1.807) is 11.3 Å². The van der Waals surface area contributed by atoms with Gasteiger partial charge in [-0.2, -0.15) is 0 Å². The van der Waals surface area contributed by atoms with Crippen LogP contribution in [0.15, 0.2) is 24.3 Å². The molecule has 18 heavy (non-hydrogen) atoms. The minimum atomic E-state index is -0.743. The monoisotopic (exact) mass is 268 g/mol. The van der Waals surface area contributed by atoms with E-state index >= 15 is 0 Å². The second-order valence-electron chi connectivity index (χ2n) is 4.16. The molecule has 2 rings (SSSR count). The number of hydrogen-bond donors (Lipinski definition) is 2. The normalized spacial score (nSPS) is 12.4. The molecule has 0 aliphatic heterocycles. The fourth-order valence-corrected chi connectivity index (χ4v) is 2.57. The van der Waals surface area contributed by atoms with Crippen LogP contribution in [0.5, 0.6) is 0 Å². The molecule has 2 nitrogen and oxygen atoms in total. The highest BCUT2D eigenvalue weighted by Gasteiger charge is 2.12. The van der Waals surface area contributed by atoms with Crippen LogP contribution in [0.2, 0.25) is 0 Å². The highest BCUT2D eigenvalue weighted by atomic mass is 32.1. The number of aryl methyl sites for hydroxylation is 1. The minimum absolute atomic E-state index is 0.0489. The number of nitrogens with two attached hydrogens (primary N) is 1. The third kappa shape index (κ3) is 2.61. The van der Waals surface area contributed by atoms with Gasteiger partial charge >= 0.3 is 0 Å². The van der Waals surface area contributed by atoms with E-state index in [1.165, 1.54) is 10.9 Å². The fourth-order valence-electron chi connectivity index (χ4n) is 1.69. The molecule has 1 unspecified atom stereocenters. The van der Waals surface area contributed by atoms with Gasteiger partial charge in [0.2, 0.25) is 0 Å². The Bertz CT molecular complexity index is 566. The first-order valence-corrected chi connectivity index (χ1v) is 6.36. The van der Waals surface area contributed by atoms with Crippen LogP contribution in [0.4, 0.5) is 20.2 Å². The molecule has 5 heteroatoms. The summed E-state index contributed by atoms with van der Waals surface area (Å²) in [5.74, 6) is -1.38. The Labute approximate surface area is 108 Å². The molecule has 2 aromatic rings. The van der Waals surface area contributed by atoms with Crippen molar-refractivity contribution in [3.05, 3.63) is 45.7 Å². The highest BCUT2D eigenvalue weighted by molar-refractivity contribution is 7.12. The van der Waals surface area contributed by atoms with Crippen LogP contribution in [-0.2, 0) is 0 Å². The zero-order valence-electron chi connectivity index (χ0n) is 10.1. The van der Waals surface area contributed by atoms with Gasteiger partial charge in [0.25, 0.3) is 0 Å². The Balaban J connectivity index is 2.24. The van der Waals surface area contributed by atoms with Crippen molar-refractivity contribution < 1.29 is 8.78 Å². The van der Waals surface area contributed by atoms with Gasteiger partial charge in [-0.15, -0.1) is 11.3 Å². The molecule has 0 bridgehead atoms. The van der Waals surface area contributed by atoms with E-state index < -0.39 is 11.6 Å². The summed E-state index contributed by atoms with van der Waals surface area (Å²) in [6, 6.07) is 5.93. The molecule has 1 atom stereocenters. The number of halogens is 2. The Morgan fingerprint density at radius 3 is 2.61 bits per heavy atom. The van der Waals surface area contributed by atoms with Crippen LogP contribution in [-0.4, -0.2) is 0 Å². The first-order valence-electron chi connectivity index (χ1n) is 5.54. The van der Waals surface area contributed by atoms with Crippen molar-refractivity contribution in [3.63, 3.8) is 0 Å². The molecule has 0 spiro atoms. The van der Waals surface area contributed by atoms with Crippen LogP contribution in [0.1, 0.15) is 22.7 Å². The minimum Gasteiger partial charge on any atom is -0.395 e. The lowest BCUT2D eigenvalue weighted by Crippen LogP contribution is -2.08. The van der Waals surface area contributed by atoms with Gasteiger partial charge in [0.15, 0.2) is 5.82 Å². The Morgan fingerprint density at radius 2 is 2.00 bits per heavy atom. The molecule has 0 fully saturated rings. The van der Waals surface area contributed by atoms with Crippen LogP contribution in [0, 0.1) is 18.6 Å². The summed E-state index contributed by atoms with van der Waals surface area (Å²) >= 11 is 1.64. The largest absolute Gasteiger partial charge is 0.395 e. The third-order valence-electron chi connectivity index (χ3n) is 2.65. The molecular weight excluding hydrogens is 254 g/mol. The number of nitrogens with one attached hydrogen (secondary N) is 1. The summed E-state index contributed by atoms with van der Waals surface area (Å²) in [4.78, 5) is 2.29. The Morgan fingerprint density at radius 1 is 1.28 bits per heavy atom. The van der Waals surface area contributed by atoms with Crippen molar-refractivity contribution in [3.8, 4) is 0 Å². The molecule has 0 saturated carbocycles. The smallest absolute Gasteiger partial charge is 0.151 e. The summed E-state index contributed by atoms with van der Waals surface area (Å²) in [6.45, 7) is 3.94. The van der Waals surface area contributed by atoms with E-state index in [1.807, 2.05) is 26.0 Å². The maximum absolute atomic E-state index is 13.3. The van der Waals surface area contributed by atoms with Gasteiger partial charge in [-0.3, -0.25) is 0 Å². The van der Waals surface area contributed by atoms with Crippen LogP contribution < -0.4 is 11.1 Å². The number of hydrogen-bond acceptors (Lipinski definition) is 3. The number of anilines is 2. The van der Waals surface area contributed by atoms with Gasteiger partial charge in [-0.25, -0.2) is 8.78 Å². The lowest BCUT2D eigenvalue weighted by atomic mass is 10.2. The van der Waals surface area contributed by atoms with E-state index in [0.717, 1.165) is 10.9 Å². The molecule has 1 aromatic heterocycles. The molecule has 3 N–H and O–H groups in total. The fraction of sp³-hybridized carbons (Fsp3) is 0.231. The summed E-state index contributed by atoms with van der Waals surface area (Å²) in [7, 11) is 0. The number of benzene rings is 1. The van der Waals surface area contributed by atoms with Gasteiger partial charge in [-0.05, 0) is 32.0 Å². The molecule has 0 aliphatic rings. The van der Waals surface area contributed by atoms with Gasteiger partial charge in [0, 0.05) is 15.8 Å². The average Bonchev–Trinajstić information content (AvgIpc) is 2.72. The standard InChI is InChI=1S/C13H14F2N2S/c1-7-3-4-12(18-7)8(2)17-11-6-9(14)5-10(15)13(11)16/h3-6,8,17H,16H2,1-2H3. The van der Waals surface area contributed by atoms with E-state index in [4.69, 9.17) is 5.73 Å². The van der Waals surface area contributed by atoms with Gasteiger partial charge < -0.3 is 11.1 Å². The van der Waals surface area contributed by atoms with Crippen molar-refractivity contribution in [1.29, 1.82) is 0 Å². The second kappa shape index (κ2) is 4.94.